The van der Waals surface area contributed by atoms with Crippen molar-refractivity contribution in [1.29, 1.82) is 0 Å². The molecule has 0 aromatic heterocycles. The Balaban J connectivity index is 2.26. The Kier molecular flexibility index (Phi) is 6.37. The fraction of sp³-hybridized carbons (Fsp3) is 0.400. The second kappa shape index (κ2) is 8.09. The van der Waals surface area contributed by atoms with Crippen LogP contribution in [0.3, 0.4) is 0 Å². The fourth-order valence-corrected chi connectivity index (χ4v) is 3.88. The number of rotatable bonds is 5. The first-order valence-electron chi connectivity index (χ1n) is 7.38. The number of thioether (sulfide) groups is 1. The van der Waals surface area contributed by atoms with Gasteiger partial charge in [0.1, 0.15) is 5.25 Å². The van der Waals surface area contributed by atoms with Crippen molar-refractivity contribution in [3.8, 4) is 5.75 Å². The number of amides is 2. The molecule has 0 bridgehead atoms. The predicted molar refractivity (Wildman–Crippen MR) is 97.3 cm³/mol. The minimum absolute atomic E-state index is 0.0816. The van der Waals surface area contributed by atoms with Crippen LogP contribution in [-0.4, -0.2) is 45.3 Å². The van der Waals surface area contributed by atoms with E-state index in [0.29, 0.717) is 23.9 Å². The number of aliphatic imine (C=N–C) groups is 1. The van der Waals surface area contributed by atoms with Crippen LogP contribution in [0.15, 0.2) is 17.1 Å². The molecular weight excluding hydrogens is 373 g/mol. The van der Waals surface area contributed by atoms with Crippen LogP contribution in [0.1, 0.15) is 20.3 Å². The highest BCUT2D eigenvalue weighted by Crippen LogP contribution is 2.37. The number of hydrogen-bond donors (Lipinski definition) is 2. The number of aromatic hydroxyl groups is 1. The maximum atomic E-state index is 12.4. The number of benzene rings is 1. The van der Waals surface area contributed by atoms with Gasteiger partial charge in [0.15, 0.2) is 10.9 Å². The summed E-state index contributed by atoms with van der Waals surface area (Å²) in [6.07, 6.45) is 0.101. The van der Waals surface area contributed by atoms with E-state index in [0.717, 1.165) is 0 Å². The second-order valence-corrected chi connectivity index (χ2v) is 6.98. The van der Waals surface area contributed by atoms with Crippen molar-refractivity contribution in [3.05, 3.63) is 22.2 Å². The van der Waals surface area contributed by atoms with Gasteiger partial charge in [0, 0.05) is 19.5 Å². The van der Waals surface area contributed by atoms with Gasteiger partial charge in [-0.1, -0.05) is 35.0 Å². The highest BCUT2D eigenvalue weighted by molar-refractivity contribution is 8.15. The van der Waals surface area contributed by atoms with Crippen LogP contribution in [-0.2, 0) is 9.59 Å². The van der Waals surface area contributed by atoms with Crippen LogP contribution < -0.4 is 5.32 Å². The predicted octanol–water partition coefficient (Wildman–Crippen LogP) is 3.18. The van der Waals surface area contributed by atoms with Crippen LogP contribution in [0.25, 0.3) is 0 Å². The molecule has 0 aliphatic carbocycles. The van der Waals surface area contributed by atoms with Crippen LogP contribution in [0.5, 0.6) is 5.75 Å². The van der Waals surface area contributed by atoms with Gasteiger partial charge in [-0.15, -0.1) is 0 Å². The van der Waals surface area contributed by atoms with E-state index >= 15 is 0 Å². The van der Waals surface area contributed by atoms with Gasteiger partial charge in [-0.2, -0.15) is 0 Å². The van der Waals surface area contributed by atoms with Crippen molar-refractivity contribution >= 4 is 57.6 Å². The van der Waals surface area contributed by atoms with E-state index in [2.05, 4.69) is 10.3 Å². The Morgan fingerprint density at radius 3 is 2.54 bits per heavy atom. The van der Waals surface area contributed by atoms with E-state index in [1.54, 1.807) is 0 Å². The Bertz CT molecular complexity index is 674. The highest BCUT2D eigenvalue weighted by Gasteiger charge is 2.38. The molecule has 0 unspecified atom stereocenters. The van der Waals surface area contributed by atoms with Gasteiger partial charge in [0.2, 0.25) is 11.8 Å². The standard InChI is InChI=1S/C15H17Cl2N3O3S/c1-3-18-12(21)7-11-14(23)20(4-2)15(24-11)19-8-5-9(16)13(22)10(17)6-8/h5-6,11,22H,3-4,7H2,1-2H3,(H,18,21)/t11-/m1/s1. The molecule has 130 valence electrons. The quantitative estimate of drug-likeness (QED) is 0.809. The van der Waals surface area contributed by atoms with E-state index < -0.39 is 5.25 Å². The lowest BCUT2D eigenvalue weighted by atomic mass is 10.2. The molecule has 1 aromatic rings. The summed E-state index contributed by atoms with van der Waals surface area (Å²) in [4.78, 5) is 30.1. The molecule has 1 heterocycles. The molecule has 2 rings (SSSR count). The first-order chi connectivity index (χ1) is 11.4. The number of hydrogen-bond acceptors (Lipinski definition) is 5. The lowest BCUT2D eigenvalue weighted by Crippen LogP contribution is -2.34. The molecule has 0 spiro atoms. The maximum absolute atomic E-state index is 12.4. The summed E-state index contributed by atoms with van der Waals surface area (Å²) in [6, 6.07) is 2.93. The van der Waals surface area contributed by atoms with Gasteiger partial charge < -0.3 is 10.4 Å². The smallest absolute Gasteiger partial charge is 0.242 e. The average Bonchev–Trinajstić information content (AvgIpc) is 2.80. The first-order valence-corrected chi connectivity index (χ1v) is 9.02. The van der Waals surface area contributed by atoms with E-state index in [-0.39, 0.29) is 34.0 Å². The van der Waals surface area contributed by atoms with Crippen molar-refractivity contribution in [2.24, 2.45) is 4.99 Å². The number of nitrogens with zero attached hydrogens (tertiary/aromatic N) is 2. The third kappa shape index (κ3) is 4.15. The monoisotopic (exact) mass is 389 g/mol. The fourth-order valence-electron chi connectivity index (χ4n) is 2.18. The zero-order chi connectivity index (χ0) is 17.9. The first kappa shape index (κ1) is 18.9. The third-order valence-electron chi connectivity index (χ3n) is 3.31. The summed E-state index contributed by atoms with van der Waals surface area (Å²) in [5.74, 6) is -0.529. The minimum atomic E-state index is -0.502. The number of amidine groups is 1. The topological polar surface area (TPSA) is 82.0 Å². The zero-order valence-corrected chi connectivity index (χ0v) is 15.5. The Morgan fingerprint density at radius 1 is 1.38 bits per heavy atom. The van der Waals surface area contributed by atoms with E-state index in [4.69, 9.17) is 23.2 Å². The van der Waals surface area contributed by atoms with Crippen LogP contribution in [0.4, 0.5) is 5.69 Å². The normalized spacial score (nSPS) is 19.2. The highest BCUT2D eigenvalue weighted by atomic mass is 35.5. The molecule has 0 saturated carbocycles. The second-order valence-electron chi connectivity index (χ2n) is 5.00. The van der Waals surface area contributed by atoms with Crippen molar-refractivity contribution in [2.75, 3.05) is 13.1 Å². The lowest BCUT2D eigenvalue weighted by molar-refractivity contribution is -0.129. The van der Waals surface area contributed by atoms with Crippen molar-refractivity contribution in [3.63, 3.8) is 0 Å². The van der Waals surface area contributed by atoms with E-state index in [9.17, 15) is 14.7 Å². The summed E-state index contributed by atoms with van der Waals surface area (Å²) >= 11 is 13.0. The van der Waals surface area contributed by atoms with Crippen LogP contribution in [0, 0.1) is 0 Å². The van der Waals surface area contributed by atoms with Crippen molar-refractivity contribution in [2.45, 2.75) is 25.5 Å². The number of carbonyl (C=O) groups is 2. The van der Waals surface area contributed by atoms with E-state index in [1.165, 1.54) is 28.8 Å². The molecule has 1 aliphatic rings. The summed E-state index contributed by atoms with van der Waals surface area (Å²) in [7, 11) is 0. The molecular formula is C15H17Cl2N3O3S. The molecule has 1 aliphatic heterocycles. The Hall–Kier alpha value is -1.44. The van der Waals surface area contributed by atoms with Crippen molar-refractivity contribution in [1.82, 2.24) is 10.2 Å². The van der Waals surface area contributed by atoms with Gasteiger partial charge in [-0.3, -0.25) is 14.5 Å². The number of carbonyl (C=O) groups excluding carboxylic acids is 2. The van der Waals surface area contributed by atoms with Gasteiger partial charge in [-0.25, -0.2) is 4.99 Å². The summed E-state index contributed by atoms with van der Waals surface area (Å²) in [5, 5.41) is 12.4. The molecule has 1 saturated heterocycles. The molecule has 2 N–H and O–H groups in total. The summed E-state index contributed by atoms with van der Waals surface area (Å²) in [5.41, 5.74) is 0.426. The SMILES string of the molecule is CCNC(=O)C[C@H]1SC(=Nc2cc(Cl)c(O)c(Cl)c2)N(CC)C1=O. The zero-order valence-electron chi connectivity index (χ0n) is 13.2. The molecule has 0 radical (unpaired) electrons. The van der Waals surface area contributed by atoms with E-state index in [1.807, 2.05) is 13.8 Å². The summed E-state index contributed by atoms with van der Waals surface area (Å²) < 4.78 is 0. The maximum Gasteiger partial charge on any atom is 0.242 e. The van der Waals surface area contributed by atoms with Gasteiger partial charge in [0.05, 0.1) is 15.7 Å². The molecule has 1 fully saturated rings. The molecule has 1 aromatic carbocycles. The average molecular weight is 390 g/mol. The number of phenolic OH excluding ortho intramolecular Hbond substituents is 1. The molecule has 1 atom stereocenters. The van der Waals surface area contributed by atoms with Gasteiger partial charge >= 0.3 is 0 Å². The number of halogens is 2. The molecule has 6 nitrogen and oxygen atoms in total. The van der Waals surface area contributed by atoms with Gasteiger partial charge in [0.25, 0.3) is 0 Å². The molecule has 9 heteroatoms. The van der Waals surface area contributed by atoms with Crippen molar-refractivity contribution < 1.29 is 14.7 Å². The Morgan fingerprint density at radius 2 is 2.00 bits per heavy atom. The lowest BCUT2D eigenvalue weighted by Gasteiger charge is -2.13. The van der Waals surface area contributed by atoms with Gasteiger partial charge in [-0.05, 0) is 26.0 Å². The van der Waals surface area contributed by atoms with Crippen LogP contribution >= 0.6 is 35.0 Å². The summed E-state index contributed by atoms with van der Waals surface area (Å²) in [6.45, 7) is 4.62. The number of nitrogens with one attached hydrogen (secondary N) is 1. The molecule has 2 amide bonds. The largest absolute Gasteiger partial charge is 0.505 e. The van der Waals surface area contributed by atoms with Crippen LogP contribution in [0.2, 0.25) is 10.0 Å². The minimum Gasteiger partial charge on any atom is -0.505 e. The Labute approximate surface area is 154 Å². The number of phenols is 1. The third-order valence-corrected chi connectivity index (χ3v) is 5.06. The molecule has 24 heavy (non-hydrogen) atoms.